The Labute approximate surface area is 145 Å². The van der Waals surface area contributed by atoms with Gasteiger partial charge in [-0.1, -0.05) is 6.92 Å². The Morgan fingerprint density at radius 1 is 1.08 bits per heavy atom. The van der Waals surface area contributed by atoms with Gasteiger partial charge in [0.1, 0.15) is 0 Å². The molecule has 0 spiro atoms. The molecule has 1 saturated heterocycles. The topological polar surface area (TPSA) is 28.5 Å². The van der Waals surface area contributed by atoms with E-state index in [4.69, 9.17) is 0 Å². The molecule has 132 valence electrons. The van der Waals surface area contributed by atoms with Crippen molar-refractivity contribution in [3.05, 3.63) is 23.0 Å². The first kappa shape index (κ1) is 16.2. The molecule has 0 N–H and O–H groups in total. The molecule has 1 aliphatic heterocycles. The van der Waals surface area contributed by atoms with Crippen LogP contribution in [0.2, 0.25) is 0 Å². The molecule has 2 heterocycles. The fourth-order valence-electron chi connectivity index (χ4n) is 4.52. The molecule has 24 heavy (non-hydrogen) atoms. The Morgan fingerprint density at radius 2 is 1.71 bits per heavy atom. The van der Waals surface area contributed by atoms with Gasteiger partial charge in [-0.05, 0) is 65.0 Å². The number of nitrogens with zero attached hydrogens (tertiary/aromatic N) is 3. The summed E-state index contributed by atoms with van der Waals surface area (Å²) >= 11 is 0. The smallest absolute Gasteiger partial charge is 0.256 e. The molecule has 0 atom stereocenters. The van der Waals surface area contributed by atoms with E-state index in [1.54, 1.807) is 0 Å². The molecule has 3 aliphatic rings. The van der Waals surface area contributed by atoms with Crippen molar-refractivity contribution in [2.75, 3.05) is 19.6 Å². The lowest BCUT2D eigenvalue weighted by Crippen LogP contribution is -2.48. The van der Waals surface area contributed by atoms with E-state index in [1.165, 1.54) is 37.1 Å². The highest BCUT2D eigenvalue weighted by Gasteiger charge is 2.40. The van der Waals surface area contributed by atoms with E-state index in [0.717, 1.165) is 38.0 Å². The number of hydrogen-bond donors (Lipinski definition) is 0. The summed E-state index contributed by atoms with van der Waals surface area (Å²) in [4.78, 5) is 18.2. The summed E-state index contributed by atoms with van der Waals surface area (Å²) in [6, 6.07) is 3.73. The van der Waals surface area contributed by atoms with E-state index in [0.29, 0.717) is 24.0 Å². The number of hydrogen-bond acceptors (Lipinski definition) is 2. The molecular formula is C20H31N3O. The molecule has 0 aromatic carbocycles. The number of likely N-dealkylation sites (tertiary alicyclic amines) is 1. The van der Waals surface area contributed by atoms with Crippen LogP contribution < -0.4 is 0 Å². The lowest BCUT2D eigenvalue weighted by molar-refractivity contribution is 0.0553. The number of aromatic nitrogens is 1. The quantitative estimate of drug-likeness (QED) is 0.827. The minimum absolute atomic E-state index is 0.299. The molecule has 1 aromatic rings. The van der Waals surface area contributed by atoms with E-state index in [9.17, 15) is 4.79 Å². The number of amides is 1. The van der Waals surface area contributed by atoms with Gasteiger partial charge in [-0.25, -0.2) is 0 Å². The average Bonchev–Trinajstić information content (AvgIpc) is 3.49. The Bertz CT molecular complexity index is 619. The minimum atomic E-state index is 0.299. The van der Waals surface area contributed by atoms with Crippen molar-refractivity contribution in [2.45, 2.75) is 77.4 Å². The number of carbonyl (C=O) groups is 1. The fraction of sp³-hybridized carbons (Fsp3) is 0.750. The Morgan fingerprint density at radius 3 is 2.25 bits per heavy atom. The van der Waals surface area contributed by atoms with Crippen LogP contribution in [0.15, 0.2) is 6.07 Å². The number of rotatable bonds is 5. The molecule has 2 aliphatic carbocycles. The number of carbonyl (C=O) groups excluding carboxylic acids is 1. The van der Waals surface area contributed by atoms with Crippen molar-refractivity contribution >= 4 is 5.91 Å². The normalized spacial score (nSPS) is 22.8. The molecule has 1 aromatic heterocycles. The van der Waals surface area contributed by atoms with Crippen LogP contribution in [-0.2, 0) is 0 Å². The van der Waals surface area contributed by atoms with Crippen LogP contribution >= 0.6 is 0 Å². The van der Waals surface area contributed by atoms with E-state index < -0.39 is 0 Å². The van der Waals surface area contributed by atoms with Gasteiger partial charge in [0.25, 0.3) is 5.91 Å². The molecule has 0 radical (unpaired) electrons. The summed E-state index contributed by atoms with van der Waals surface area (Å²) in [5, 5.41) is 0. The zero-order valence-corrected chi connectivity index (χ0v) is 15.4. The summed E-state index contributed by atoms with van der Waals surface area (Å²) in [5.41, 5.74) is 3.41. The molecule has 2 saturated carbocycles. The van der Waals surface area contributed by atoms with Crippen molar-refractivity contribution in [1.29, 1.82) is 0 Å². The first-order valence-corrected chi connectivity index (χ1v) is 9.83. The highest BCUT2D eigenvalue weighted by Crippen LogP contribution is 2.39. The zero-order valence-electron chi connectivity index (χ0n) is 15.4. The van der Waals surface area contributed by atoms with Crippen molar-refractivity contribution < 1.29 is 4.79 Å². The van der Waals surface area contributed by atoms with Crippen LogP contribution in [0.1, 0.15) is 73.2 Å². The summed E-state index contributed by atoms with van der Waals surface area (Å²) in [6.45, 7) is 9.94. The van der Waals surface area contributed by atoms with Crippen molar-refractivity contribution in [1.82, 2.24) is 14.4 Å². The van der Waals surface area contributed by atoms with Crippen LogP contribution in [0.4, 0.5) is 0 Å². The molecule has 4 heteroatoms. The van der Waals surface area contributed by atoms with Crippen LogP contribution in [0, 0.1) is 13.8 Å². The Balaban J connectivity index is 1.56. The lowest BCUT2D eigenvalue weighted by atomic mass is 10.0. The van der Waals surface area contributed by atoms with Gasteiger partial charge in [-0.3, -0.25) is 4.79 Å². The van der Waals surface area contributed by atoms with E-state index in [2.05, 4.69) is 41.2 Å². The number of aryl methyl sites for hydroxylation is 1. The summed E-state index contributed by atoms with van der Waals surface area (Å²) in [7, 11) is 0. The second-order valence-corrected chi connectivity index (χ2v) is 8.00. The highest BCUT2D eigenvalue weighted by molar-refractivity contribution is 5.96. The number of piperidine rings is 1. The first-order valence-electron chi connectivity index (χ1n) is 9.83. The molecule has 4 rings (SSSR count). The predicted octanol–water partition coefficient (Wildman–Crippen LogP) is 3.53. The summed E-state index contributed by atoms with van der Waals surface area (Å²) < 4.78 is 2.40. The largest absolute Gasteiger partial charge is 0.345 e. The standard InChI is InChI=1S/C20H31N3O/c1-4-21-11-9-18(10-12-21)23(17-7-8-17)20(24)19-13-14(2)22(15(19)3)16-5-6-16/h13,16-18H,4-12H2,1-3H3. The first-order chi connectivity index (χ1) is 11.6. The van der Waals surface area contributed by atoms with Crippen LogP contribution in [-0.4, -0.2) is 52.0 Å². The average molecular weight is 329 g/mol. The van der Waals surface area contributed by atoms with Gasteiger partial charge in [0.15, 0.2) is 0 Å². The molecule has 1 amide bonds. The third-order valence-corrected chi connectivity index (χ3v) is 6.20. The Kier molecular flexibility index (Phi) is 4.19. The van der Waals surface area contributed by atoms with E-state index >= 15 is 0 Å². The van der Waals surface area contributed by atoms with Gasteiger partial charge in [0.2, 0.25) is 0 Å². The van der Waals surface area contributed by atoms with Crippen LogP contribution in [0.3, 0.4) is 0 Å². The van der Waals surface area contributed by atoms with E-state index in [-0.39, 0.29) is 0 Å². The molecule has 3 fully saturated rings. The van der Waals surface area contributed by atoms with E-state index in [1.807, 2.05) is 0 Å². The second kappa shape index (κ2) is 6.21. The van der Waals surface area contributed by atoms with Crippen molar-refractivity contribution in [3.8, 4) is 0 Å². The summed E-state index contributed by atoms with van der Waals surface area (Å²) in [6.07, 6.45) is 7.20. The predicted molar refractivity (Wildman–Crippen MR) is 96.5 cm³/mol. The van der Waals surface area contributed by atoms with Gasteiger partial charge in [0.05, 0.1) is 5.56 Å². The van der Waals surface area contributed by atoms with Gasteiger partial charge < -0.3 is 14.4 Å². The maximum Gasteiger partial charge on any atom is 0.256 e. The monoisotopic (exact) mass is 329 g/mol. The molecular weight excluding hydrogens is 298 g/mol. The molecule has 4 nitrogen and oxygen atoms in total. The van der Waals surface area contributed by atoms with Gasteiger partial charge >= 0.3 is 0 Å². The maximum absolute atomic E-state index is 13.4. The van der Waals surface area contributed by atoms with Gasteiger partial charge in [-0.15, -0.1) is 0 Å². The molecule has 0 bridgehead atoms. The lowest BCUT2D eigenvalue weighted by Gasteiger charge is -2.38. The highest BCUT2D eigenvalue weighted by atomic mass is 16.2. The van der Waals surface area contributed by atoms with Crippen molar-refractivity contribution in [3.63, 3.8) is 0 Å². The summed E-state index contributed by atoms with van der Waals surface area (Å²) in [5.74, 6) is 0.299. The maximum atomic E-state index is 13.4. The minimum Gasteiger partial charge on any atom is -0.345 e. The van der Waals surface area contributed by atoms with Crippen LogP contribution in [0.5, 0.6) is 0 Å². The SMILES string of the molecule is CCN1CCC(N(C(=O)c2cc(C)n(C3CC3)c2C)C2CC2)CC1. The van der Waals surface area contributed by atoms with Crippen LogP contribution in [0.25, 0.3) is 0 Å². The van der Waals surface area contributed by atoms with Crippen molar-refractivity contribution in [2.24, 2.45) is 0 Å². The molecule has 0 unspecified atom stereocenters. The third kappa shape index (κ3) is 2.90. The second-order valence-electron chi connectivity index (χ2n) is 8.00. The Hall–Kier alpha value is -1.29. The zero-order chi connectivity index (χ0) is 16.8. The van der Waals surface area contributed by atoms with Gasteiger partial charge in [-0.2, -0.15) is 0 Å². The van der Waals surface area contributed by atoms with Gasteiger partial charge in [0, 0.05) is 42.6 Å². The third-order valence-electron chi connectivity index (χ3n) is 6.20. The fourth-order valence-corrected chi connectivity index (χ4v) is 4.52.